The van der Waals surface area contributed by atoms with E-state index in [1.54, 1.807) is 24.4 Å². The van der Waals surface area contributed by atoms with E-state index >= 15 is 0 Å². The minimum absolute atomic E-state index is 0.0150. The van der Waals surface area contributed by atoms with Crippen LogP contribution >= 0.6 is 15.9 Å². The van der Waals surface area contributed by atoms with Gasteiger partial charge >= 0.3 is 5.97 Å². The van der Waals surface area contributed by atoms with Gasteiger partial charge in [0.25, 0.3) is 0 Å². The Morgan fingerprint density at radius 3 is 2.48 bits per heavy atom. The zero-order chi connectivity index (χ0) is 20.8. The summed E-state index contributed by atoms with van der Waals surface area (Å²) in [4.78, 5) is 29.3. The number of nitrogen functional groups attached to an aromatic ring is 1. The Kier molecular flexibility index (Phi) is 6.77. The number of halogens is 1. The molecule has 0 aliphatic carbocycles. The van der Waals surface area contributed by atoms with Crippen LogP contribution in [0.25, 0.3) is 0 Å². The van der Waals surface area contributed by atoms with E-state index in [1.165, 1.54) is 7.11 Å². The maximum absolute atomic E-state index is 13.2. The number of pyridine rings is 1. The average Bonchev–Trinajstić information content (AvgIpc) is 2.74. The van der Waals surface area contributed by atoms with Crippen molar-refractivity contribution in [3.63, 3.8) is 0 Å². The van der Waals surface area contributed by atoms with Gasteiger partial charge in [-0.3, -0.25) is 9.78 Å². The number of esters is 1. The van der Waals surface area contributed by atoms with Crippen LogP contribution in [0, 0.1) is 0 Å². The van der Waals surface area contributed by atoms with Gasteiger partial charge in [0.05, 0.1) is 24.3 Å². The summed E-state index contributed by atoms with van der Waals surface area (Å²) in [5.41, 5.74) is 9.29. The molecule has 0 saturated carbocycles. The summed E-state index contributed by atoms with van der Waals surface area (Å²) in [7, 11) is 1.31. The molecule has 0 spiro atoms. The average molecular weight is 453 g/mol. The van der Waals surface area contributed by atoms with Crippen molar-refractivity contribution in [3.05, 3.63) is 93.7 Å². The number of methoxy groups -OCH3 is 1. The van der Waals surface area contributed by atoms with Gasteiger partial charge in [0.1, 0.15) is 5.78 Å². The number of aromatic nitrogens is 1. The van der Waals surface area contributed by atoms with Gasteiger partial charge in [-0.25, -0.2) is 4.79 Å². The second-order valence-corrected chi connectivity index (χ2v) is 7.61. The van der Waals surface area contributed by atoms with Crippen molar-refractivity contribution in [2.45, 2.75) is 18.8 Å². The van der Waals surface area contributed by atoms with Crippen LogP contribution in [-0.2, 0) is 22.4 Å². The third-order valence-corrected chi connectivity index (χ3v) is 5.18. The first-order valence-corrected chi connectivity index (χ1v) is 9.92. The number of ketones is 1. The molecule has 2 N–H and O–H groups in total. The molecule has 0 amide bonds. The fourth-order valence-electron chi connectivity index (χ4n) is 3.14. The second-order valence-electron chi connectivity index (χ2n) is 6.69. The maximum Gasteiger partial charge on any atom is 0.337 e. The van der Waals surface area contributed by atoms with Gasteiger partial charge in [-0.05, 0) is 57.7 Å². The Hall–Kier alpha value is -2.99. The first kappa shape index (κ1) is 20.7. The van der Waals surface area contributed by atoms with Crippen molar-refractivity contribution < 1.29 is 14.3 Å². The number of rotatable bonds is 7. The number of Topliss-reactive ketones (excluding diaryl/α,β-unsaturated/α-hetero) is 1. The highest BCUT2D eigenvalue weighted by Gasteiger charge is 2.23. The molecule has 6 heteroatoms. The molecule has 0 bridgehead atoms. The Bertz CT molecular complexity index is 1000. The van der Waals surface area contributed by atoms with E-state index < -0.39 is 11.9 Å². The molecule has 3 aromatic rings. The molecule has 1 atom stereocenters. The van der Waals surface area contributed by atoms with Crippen molar-refractivity contribution in [1.29, 1.82) is 0 Å². The predicted octanol–water partition coefficient (Wildman–Crippen LogP) is 4.35. The number of nitrogens with zero attached hydrogens (tertiary/aromatic N) is 1. The Morgan fingerprint density at radius 2 is 1.86 bits per heavy atom. The molecule has 1 heterocycles. The van der Waals surface area contributed by atoms with Crippen LogP contribution in [0.5, 0.6) is 0 Å². The molecule has 3 rings (SSSR count). The van der Waals surface area contributed by atoms with Gasteiger partial charge in [0, 0.05) is 22.8 Å². The smallest absolute Gasteiger partial charge is 0.337 e. The standard InChI is InChI=1S/C23H21BrN2O3/c1-29-23(28)17-8-7-16(20(25)12-17)13-22(27)19(11-15-5-3-2-4-6-15)21-10-9-18(24)14-26-21/h2-10,12,14,19H,11,13,25H2,1H3. The first-order valence-electron chi connectivity index (χ1n) is 9.12. The third kappa shape index (κ3) is 5.29. The molecule has 1 unspecified atom stereocenters. The molecule has 2 aromatic carbocycles. The second kappa shape index (κ2) is 9.47. The van der Waals surface area contributed by atoms with Crippen molar-refractivity contribution in [3.8, 4) is 0 Å². The van der Waals surface area contributed by atoms with Gasteiger partial charge in [0.15, 0.2) is 0 Å². The van der Waals surface area contributed by atoms with Gasteiger partial charge in [-0.15, -0.1) is 0 Å². The highest BCUT2D eigenvalue weighted by atomic mass is 79.9. The minimum atomic E-state index is -0.462. The molecule has 0 saturated heterocycles. The van der Waals surface area contributed by atoms with E-state index in [1.807, 2.05) is 42.5 Å². The van der Waals surface area contributed by atoms with Gasteiger partial charge in [-0.2, -0.15) is 0 Å². The number of hydrogen-bond acceptors (Lipinski definition) is 5. The van der Waals surface area contributed by atoms with Crippen molar-refractivity contribution >= 4 is 33.4 Å². The highest BCUT2D eigenvalue weighted by Crippen LogP contribution is 2.25. The van der Waals surface area contributed by atoms with Crippen LogP contribution in [0.15, 0.2) is 71.3 Å². The fraction of sp³-hybridized carbons (Fsp3) is 0.174. The van der Waals surface area contributed by atoms with Crippen LogP contribution in [0.1, 0.15) is 33.1 Å². The highest BCUT2D eigenvalue weighted by molar-refractivity contribution is 9.10. The molecule has 148 valence electrons. The largest absolute Gasteiger partial charge is 0.465 e. The molecule has 5 nitrogen and oxygen atoms in total. The predicted molar refractivity (Wildman–Crippen MR) is 116 cm³/mol. The minimum Gasteiger partial charge on any atom is -0.465 e. The van der Waals surface area contributed by atoms with Gasteiger partial charge in [0.2, 0.25) is 0 Å². The molecular weight excluding hydrogens is 432 g/mol. The molecule has 0 radical (unpaired) electrons. The summed E-state index contributed by atoms with van der Waals surface area (Å²) in [5.74, 6) is -0.845. The van der Waals surface area contributed by atoms with Crippen molar-refractivity contribution in [2.24, 2.45) is 0 Å². The normalized spacial score (nSPS) is 11.7. The van der Waals surface area contributed by atoms with Crippen LogP contribution in [0.4, 0.5) is 5.69 Å². The van der Waals surface area contributed by atoms with Crippen LogP contribution in [-0.4, -0.2) is 23.8 Å². The van der Waals surface area contributed by atoms with E-state index in [4.69, 9.17) is 10.5 Å². The SMILES string of the molecule is COC(=O)c1ccc(CC(=O)C(Cc2ccccc2)c2ccc(Br)cn2)c(N)c1. The Balaban J connectivity index is 1.86. The molecule has 0 aliphatic rings. The van der Waals surface area contributed by atoms with Gasteiger partial charge < -0.3 is 10.5 Å². The number of anilines is 1. The zero-order valence-corrected chi connectivity index (χ0v) is 17.6. The third-order valence-electron chi connectivity index (χ3n) is 4.71. The molecule has 0 fully saturated rings. The topological polar surface area (TPSA) is 82.3 Å². The number of carbonyl (C=O) groups excluding carboxylic acids is 2. The summed E-state index contributed by atoms with van der Waals surface area (Å²) in [5, 5.41) is 0. The summed E-state index contributed by atoms with van der Waals surface area (Å²) < 4.78 is 5.57. The zero-order valence-electron chi connectivity index (χ0n) is 16.0. The quantitative estimate of drug-likeness (QED) is 0.425. The summed E-state index contributed by atoms with van der Waals surface area (Å²) in [6.07, 6.45) is 2.40. The molecule has 1 aromatic heterocycles. The Labute approximate surface area is 178 Å². The molecule has 0 aliphatic heterocycles. The van der Waals surface area contributed by atoms with E-state index in [0.29, 0.717) is 28.9 Å². The number of ether oxygens (including phenoxy) is 1. The summed E-state index contributed by atoms with van der Waals surface area (Å²) in [6.45, 7) is 0. The molecule has 29 heavy (non-hydrogen) atoms. The van der Waals surface area contributed by atoms with E-state index in [0.717, 1.165) is 10.0 Å². The fourth-order valence-corrected chi connectivity index (χ4v) is 3.37. The summed E-state index contributed by atoms with van der Waals surface area (Å²) >= 11 is 3.38. The lowest BCUT2D eigenvalue weighted by molar-refractivity contribution is -0.119. The number of carbonyl (C=O) groups is 2. The Morgan fingerprint density at radius 1 is 1.10 bits per heavy atom. The lowest BCUT2D eigenvalue weighted by atomic mass is 9.88. The number of benzene rings is 2. The first-order chi connectivity index (χ1) is 14.0. The van der Waals surface area contributed by atoms with Crippen molar-refractivity contribution in [2.75, 3.05) is 12.8 Å². The van der Waals surface area contributed by atoms with Crippen LogP contribution < -0.4 is 5.73 Å². The lowest BCUT2D eigenvalue weighted by Gasteiger charge is -2.17. The van der Waals surface area contributed by atoms with Crippen LogP contribution in [0.3, 0.4) is 0 Å². The summed E-state index contributed by atoms with van der Waals surface area (Å²) in [6, 6.07) is 18.5. The van der Waals surface area contributed by atoms with Crippen molar-refractivity contribution in [1.82, 2.24) is 4.98 Å². The monoisotopic (exact) mass is 452 g/mol. The van der Waals surface area contributed by atoms with E-state index in [2.05, 4.69) is 20.9 Å². The maximum atomic E-state index is 13.2. The number of nitrogens with two attached hydrogens (primary N) is 1. The molecular formula is C23H21BrN2O3. The lowest BCUT2D eigenvalue weighted by Crippen LogP contribution is -2.19. The number of hydrogen-bond donors (Lipinski definition) is 1. The van der Waals surface area contributed by atoms with Crippen LogP contribution in [0.2, 0.25) is 0 Å². The van der Waals surface area contributed by atoms with E-state index in [9.17, 15) is 9.59 Å². The van der Waals surface area contributed by atoms with Gasteiger partial charge in [-0.1, -0.05) is 36.4 Å². The van der Waals surface area contributed by atoms with E-state index in [-0.39, 0.29) is 12.2 Å².